The molecule has 1 aromatic heterocycles. The molecule has 0 bridgehead atoms. The topological polar surface area (TPSA) is 22.4 Å². The van der Waals surface area contributed by atoms with E-state index in [9.17, 15) is 0 Å². The van der Waals surface area contributed by atoms with Gasteiger partial charge in [-0.1, -0.05) is 15.9 Å². The normalized spacial score (nSPS) is 11.8. The Kier molecular flexibility index (Phi) is 7.87. The van der Waals surface area contributed by atoms with Crippen molar-refractivity contribution in [3.63, 3.8) is 0 Å². The second-order valence-corrected chi connectivity index (χ2v) is 9.68. The van der Waals surface area contributed by atoms with E-state index in [1.165, 1.54) is 0 Å². The first-order valence-corrected chi connectivity index (χ1v) is 10.8. The van der Waals surface area contributed by atoms with Crippen molar-refractivity contribution in [1.82, 2.24) is 0 Å². The lowest BCUT2D eigenvalue weighted by molar-refractivity contribution is -0.904. The Morgan fingerprint density at radius 1 is 1.00 bits per heavy atom. The number of quaternary nitrogens is 1. The van der Waals surface area contributed by atoms with E-state index in [0.717, 1.165) is 60.0 Å². The summed E-state index contributed by atoms with van der Waals surface area (Å²) in [7, 11) is 4.44. The number of benzene rings is 1. The first-order valence-electron chi connectivity index (χ1n) is 7.60. The molecule has 132 valence electrons. The van der Waals surface area contributed by atoms with Crippen LogP contribution in [0.15, 0.2) is 46.8 Å². The Labute approximate surface area is 176 Å². The molecule has 3 nitrogen and oxygen atoms in total. The Hall–Kier alpha value is 0.180. The predicted octanol–water partition coefficient (Wildman–Crippen LogP) is 6.77. The van der Waals surface area contributed by atoms with Gasteiger partial charge in [-0.15, -0.1) is 0 Å². The molecule has 0 radical (unpaired) electrons. The fourth-order valence-electron chi connectivity index (χ4n) is 2.42. The molecule has 1 heterocycles. The third kappa shape index (κ3) is 6.48. The number of hydrogen-bond donors (Lipinski definition) is 0. The first kappa shape index (κ1) is 20.5. The van der Waals surface area contributed by atoms with Crippen molar-refractivity contribution < 1.29 is 13.6 Å². The zero-order chi connectivity index (χ0) is 17.7. The number of unbranched alkanes of at least 4 members (excludes halogenated alkanes) is 1. The summed E-state index contributed by atoms with van der Waals surface area (Å²) >= 11 is 13.9. The van der Waals surface area contributed by atoms with Crippen molar-refractivity contribution in [2.75, 3.05) is 27.2 Å². The third-order valence-electron chi connectivity index (χ3n) is 3.58. The summed E-state index contributed by atoms with van der Waals surface area (Å²) < 4.78 is 16.1. The van der Waals surface area contributed by atoms with Crippen molar-refractivity contribution in [2.45, 2.75) is 19.4 Å². The molecule has 24 heavy (non-hydrogen) atoms. The third-order valence-corrected chi connectivity index (χ3v) is 5.64. The van der Waals surface area contributed by atoms with Crippen LogP contribution in [0.3, 0.4) is 0 Å². The van der Waals surface area contributed by atoms with Gasteiger partial charge >= 0.3 is 0 Å². The maximum Gasteiger partial charge on any atom is 0.169 e. The fraction of sp³-hybridized carbons (Fsp3) is 0.412. The highest BCUT2D eigenvalue weighted by molar-refractivity contribution is 9.11. The van der Waals surface area contributed by atoms with Crippen molar-refractivity contribution in [1.29, 1.82) is 0 Å². The van der Waals surface area contributed by atoms with Gasteiger partial charge in [0.25, 0.3) is 0 Å². The quantitative estimate of drug-likeness (QED) is 0.251. The molecule has 0 saturated carbocycles. The summed E-state index contributed by atoms with van der Waals surface area (Å²) in [6, 6.07) is 7.94. The molecule has 7 heteroatoms. The first-order chi connectivity index (χ1) is 11.3. The summed E-state index contributed by atoms with van der Waals surface area (Å²) in [6.45, 7) is 2.66. The Bertz CT molecular complexity index is 662. The Balaban J connectivity index is 1.74. The van der Waals surface area contributed by atoms with E-state index in [4.69, 9.17) is 9.15 Å². The zero-order valence-corrected chi connectivity index (χ0v) is 20.0. The minimum absolute atomic E-state index is 0.700. The highest BCUT2D eigenvalue weighted by Gasteiger charge is 2.18. The van der Waals surface area contributed by atoms with Crippen molar-refractivity contribution >= 4 is 63.7 Å². The number of rotatable bonds is 8. The van der Waals surface area contributed by atoms with Gasteiger partial charge < -0.3 is 13.6 Å². The average Bonchev–Trinajstić information content (AvgIpc) is 2.85. The molecule has 0 aliphatic rings. The standard InChI is InChI=1S/C17H20Br4NO2/c1-22(2,11-13-5-6-16(21)24-13)7-3-4-8-23-17-14(19)9-12(18)10-15(17)20/h5-6,9-10H,3-4,7-8,11H2,1-2H3/q+1. The molecular formula is C17H20Br4NO2+. The van der Waals surface area contributed by atoms with E-state index >= 15 is 0 Å². The lowest BCUT2D eigenvalue weighted by Gasteiger charge is -2.28. The molecule has 2 aromatic rings. The number of furan rings is 1. The molecule has 0 aliphatic carbocycles. The van der Waals surface area contributed by atoms with Crippen LogP contribution < -0.4 is 4.74 Å². The van der Waals surface area contributed by atoms with E-state index in [0.29, 0.717) is 6.61 Å². The highest BCUT2D eigenvalue weighted by atomic mass is 79.9. The summed E-state index contributed by atoms with van der Waals surface area (Å²) in [4.78, 5) is 0. The number of ether oxygens (including phenoxy) is 1. The van der Waals surface area contributed by atoms with Crippen LogP contribution in [0.2, 0.25) is 0 Å². The van der Waals surface area contributed by atoms with Crippen LogP contribution in [0, 0.1) is 0 Å². The average molecular weight is 590 g/mol. The monoisotopic (exact) mass is 586 g/mol. The van der Waals surface area contributed by atoms with Gasteiger partial charge in [0.1, 0.15) is 12.3 Å². The molecule has 0 atom stereocenters. The van der Waals surface area contributed by atoms with Crippen molar-refractivity contribution in [2.24, 2.45) is 0 Å². The zero-order valence-electron chi connectivity index (χ0n) is 13.6. The van der Waals surface area contributed by atoms with Crippen LogP contribution in [0.5, 0.6) is 5.75 Å². The molecule has 0 spiro atoms. The van der Waals surface area contributed by atoms with Gasteiger partial charge in [-0.3, -0.25) is 0 Å². The molecular weight excluding hydrogens is 570 g/mol. The molecule has 1 aromatic carbocycles. The molecule has 0 N–H and O–H groups in total. The lowest BCUT2D eigenvalue weighted by Crippen LogP contribution is -2.39. The van der Waals surface area contributed by atoms with Crippen LogP contribution >= 0.6 is 63.7 Å². The SMILES string of the molecule is C[N+](C)(CCCCOc1c(Br)cc(Br)cc1Br)Cc1ccc(Br)o1. The lowest BCUT2D eigenvalue weighted by atomic mass is 10.2. The largest absolute Gasteiger partial charge is 0.491 e. The van der Waals surface area contributed by atoms with Gasteiger partial charge in [0.05, 0.1) is 36.2 Å². The summed E-state index contributed by atoms with van der Waals surface area (Å²) in [5.41, 5.74) is 0. The van der Waals surface area contributed by atoms with E-state index < -0.39 is 0 Å². The van der Waals surface area contributed by atoms with E-state index in [2.05, 4.69) is 77.8 Å². The Morgan fingerprint density at radius 3 is 2.25 bits per heavy atom. The molecule has 0 amide bonds. The summed E-state index contributed by atoms with van der Waals surface area (Å²) in [5, 5.41) is 0. The predicted molar refractivity (Wildman–Crippen MR) is 111 cm³/mol. The minimum atomic E-state index is 0.700. The van der Waals surface area contributed by atoms with E-state index in [1.807, 2.05) is 24.3 Å². The van der Waals surface area contributed by atoms with Gasteiger partial charge in [-0.25, -0.2) is 0 Å². The molecule has 0 unspecified atom stereocenters. The van der Waals surface area contributed by atoms with Gasteiger partial charge in [0.2, 0.25) is 0 Å². The van der Waals surface area contributed by atoms with Crippen LogP contribution in [0.25, 0.3) is 0 Å². The van der Waals surface area contributed by atoms with Crippen molar-refractivity contribution in [3.8, 4) is 5.75 Å². The van der Waals surface area contributed by atoms with Crippen LogP contribution in [0.4, 0.5) is 0 Å². The number of hydrogen-bond acceptors (Lipinski definition) is 2. The fourth-order valence-corrected chi connectivity index (χ4v) is 5.25. The molecule has 0 aliphatic heterocycles. The van der Waals surface area contributed by atoms with Crippen molar-refractivity contribution in [3.05, 3.63) is 48.1 Å². The minimum Gasteiger partial charge on any atom is -0.491 e. The van der Waals surface area contributed by atoms with Gasteiger partial charge in [-0.2, -0.15) is 0 Å². The highest BCUT2D eigenvalue weighted by Crippen LogP contribution is 2.36. The molecule has 0 fully saturated rings. The molecule has 2 rings (SSSR count). The van der Waals surface area contributed by atoms with E-state index in [-0.39, 0.29) is 0 Å². The smallest absolute Gasteiger partial charge is 0.169 e. The van der Waals surface area contributed by atoms with Gasteiger partial charge in [-0.05, 0) is 84.9 Å². The maximum atomic E-state index is 5.91. The Morgan fingerprint density at radius 2 is 1.67 bits per heavy atom. The number of nitrogens with zero attached hydrogens (tertiary/aromatic N) is 1. The second-order valence-electron chi connectivity index (χ2n) is 6.28. The number of halogens is 4. The summed E-state index contributed by atoms with van der Waals surface area (Å²) in [5.74, 6) is 1.86. The van der Waals surface area contributed by atoms with E-state index in [1.54, 1.807) is 0 Å². The second kappa shape index (κ2) is 9.21. The van der Waals surface area contributed by atoms with Crippen LogP contribution in [0.1, 0.15) is 18.6 Å². The van der Waals surface area contributed by atoms with Crippen LogP contribution in [-0.4, -0.2) is 31.7 Å². The van der Waals surface area contributed by atoms with Crippen LogP contribution in [-0.2, 0) is 6.54 Å². The summed E-state index contributed by atoms with van der Waals surface area (Å²) in [6.07, 6.45) is 2.11. The van der Waals surface area contributed by atoms with Gasteiger partial charge in [0.15, 0.2) is 10.4 Å². The maximum absolute atomic E-state index is 5.91. The van der Waals surface area contributed by atoms with Gasteiger partial charge in [0, 0.05) is 4.47 Å². The molecule has 0 saturated heterocycles.